The number of ether oxygens (including phenoxy) is 1. The van der Waals surface area contributed by atoms with Crippen molar-refractivity contribution in [1.29, 1.82) is 0 Å². The van der Waals surface area contributed by atoms with E-state index in [9.17, 15) is 9.59 Å². The molecule has 0 heterocycles. The van der Waals surface area contributed by atoms with Crippen LogP contribution in [0.25, 0.3) is 0 Å². The third kappa shape index (κ3) is 3.91. The Kier molecular flexibility index (Phi) is 4.77. The maximum Gasteiger partial charge on any atom is 0.311 e. The Labute approximate surface area is 128 Å². The number of rotatable bonds is 7. The van der Waals surface area contributed by atoms with Gasteiger partial charge in [-0.15, -0.1) is 11.8 Å². The normalized spacial score (nSPS) is 16.9. The van der Waals surface area contributed by atoms with Gasteiger partial charge in [0, 0.05) is 11.4 Å². The van der Waals surface area contributed by atoms with Crippen LogP contribution in [0.15, 0.2) is 29.2 Å². The quantitative estimate of drug-likeness (QED) is 0.755. The minimum atomic E-state index is -0.821. The van der Waals surface area contributed by atoms with Crippen LogP contribution in [0.2, 0.25) is 0 Å². The number of carbonyl (C=O) groups excluding carboxylic acids is 1. The van der Waals surface area contributed by atoms with Gasteiger partial charge in [0.25, 0.3) is 0 Å². The molecule has 114 valence electrons. The minimum Gasteiger partial charge on any atom is -0.497 e. The number of hydrogen-bond donors (Lipinski definition) is 2. The van der Waals surface area contributed by atoms with Crippen molar-refractivity contribution in [2.24, 2.45) is 5.41 Å². The fourth-order valence-electron chi connectivity index (χ4n) is 1.93. The number of amides is 1. The maximum atomic E-state index is 12.0. The molecule has 1 aromatic rings. The van der Waals surface area contributed by atoms with Crippen LogP contribution >= 0.6 is 11.8 Å². The Morgan fingerprint density at radius 1 is 1.38 bits per heavy atom. The summed E-state index contributed by atoms with van der Waals surface area (Å²) in [5.41, 5.74) is -0.722. The molecule has 0 aliphatic heterocycles. The fourth-order valence-corrected chi connectivity index (χ4v) is 2.82. The van der Waals surface area contributed by atoms with Crippen molar-refractivity contribution in [3.63, 3.8) is 0 Å². The van der Waals surface area contributed by atoms with Gasteiger partial charge in [0.2, 0.25) is 5.91 Å². The van der Waals surface area contributed by atoms with Crippen molar-refractivity contribution in [3.8, 4) is 5.75 Å². The number of thioether (sulfide) groups is 1. The highest BCUT2D eigenvalue weighted by molar-refractivity contribution is 8.00. The number of aliphatic carboxylic acids is 1. The lowest BCUT2D eigenvalue weighted by Gasteiger charge is -2.15. The first-order chi connectivity index (χ1) is 9.97. The predicted octanol–water partition coefficient (Wildman–Crippen LogP) is 2.16. The highest BCUT2D eigenvalue weighted by atomic mass is 32.2. The van der Waals surface area contributed by atoms with Gasteiger partial charge in [-0.2, -0.15) is 0 Å². The molecule has 6 heteroatoms. The first-order valence-corrected chi connectivity index (χ1v) is 7.67. The number of carbonyl (C=O) groups is 2. The summed E-state index contributed by atoms with van der Waals surface area (Å²) < 4.78 is 5.08. The van der Waals surface area contributed by atoms with E-state index in [1.807, 2.05) is 31.2 Å². The average molecular weight is 309 g/mol. The summed E-state index contributed by atoms with van der Waals surface area (Å²) in [6.45, 7) is 2.03. The van der Waals surface area contributed by atoms with E-state index in [-0.39, 0.29) is 17.7 Å². The summed E-state index contributed by atoms with van der Waals surface area (Å²) in [4.78, 5) is 24.0. The number of hydrogen-bond acceptors (Lipinski definition) is 4. The second-order valence-corrected chi connectivity index (χ2v) is 6.65. The molecule has 0 radical (unpaired) electrons. The van der Waals surface area contributed by atoms with Crippen LogP contribution in [0.1, 0.15) is 19.8 Å². The molecule has 2 rings (SSSR count). The van der Waals surface area contributed by atoms with Crippen LogP contribution < -0.4 is 10.1 Å². The van der Waals surface area contributed by atoms with Crippen molar-refractivity contribution in [2.75, 3.05) is 13.7 Å². The van der Waals surface area contributed by atoms with Crippen molar-refractivity contribution in [2.45, 2.75) is 29.9 Å². The number of benzene rings is 1. The fraction of sp³-hybridized carbons (Fsp3) is 0.467. The summed E-state index contributed by atoms with van der Waals surface area (Å²) in [6, 6.07) is 7.48. The zero-order chi connectivity index (χ0) is 15.5. The van der Waals surface area contributed by atoms with Gasteiger partial charge in [0.05, 0.1) is 17.8 Å². The molecule has 1 aromatic carbocycles. The Hall–Kier alpha value is -1.69. The van der Waals surface area contributed by atoms with E-state index in [0.29, 0.717) is 12.8 Å². The largest absolute Gasteiger partial charge is 0.497 e. The standard InChI is InChI=1S/C15H19NO4S/c1-10(21-12-5-3-11(20-2)4-6-12)13(17)16-9-15(7-8-15)14(18)19/h3-6,10H,7-9H2,1-2H3,(H,16,17)(H,18,19). The first-order valence-electron chi connectivity index (χ1n) is 6.79. The number of nitrogens with one attached hydrogen (secondary N) is 1. The van der Waals surface area contributed by atoms with Crippen LogP contribution in [0, 0.1) is 5.41 Å². The molecule has 1 amide bonds. The highest BCUT2D eigenvalue weighted by Crippen LogP contribution is 2.45. The molecule has 1 unspecified atom stereocenters. The van der Waals surface area contributed by atoms with Crippen LogP contribution in [0.5, 0.6) is 5.75 Å². The van der Waals surface area contributed by atoms with E-state index in [1.54, 1.807) is 7.11 Å². The zero-order valence-corrected chi connectivity index (χ0v) is 12.9. The molecule has 5 nitrogen and oxygen atoms in total. The lowest BCUT2D eigenvalue weighted by atomic mass is 10.1. The Morgan fingerprint density at radius 2 is 2.00 bits per heavy atom. The Morgan fingerprint density at radius 3 is 2.48 bits per heavy atom. The second kappa shape index (κ2) is 6.39. The molecule has 0 aromatic heterocycles. The number of carboxylic acid groups (broad SMARTS) is 1. The molecule has 1 fully saturated rings. The maximum absolute atomic E-state index is 12.0. The van der Waals surface area contributed by atoms with Gasteiger partial charge in [-0.25, -0.2) is 0 Å². The third-order valence-corrected chi connectivity index (χ3v) is 4.76. The van der Waals surface area contributed by atoms with Crippen LogP contribution in [-0.2, 0) is 9.59 Å². The van der Waals surface area contributed by atoms with Gasteiger partial charge in [0.15, 0.2) is 0 Å². The second-order valence-electron chi connectivity index (χ2n) is 5.24. The van der Waals surface area contributed by atoms with Crippen molar-refractivity contribution < 1.29 is 19.4 Å². The SMILES string of the molecule is COc1ccc(SC(C)C(=O)NCC2(C(=O)O)CC2)cc1. The average Bonchev–Trinajstić information content (AvgIpc) is 3.26. The lowest BCUT2D eigenvalue weighted by Crippen LogP contribution is -2.38. The molecular weight excluding hydrogens is 290 g/mol. The summed E-state index contributed by atoms with van der Waals surface area (Å²) in [6.07, 6.45) is 1.28. The molecule has 1 saturated carbocycles. The zero-order valence-electron chi connectivity index (χ0n) is 12.1. The Bertz CT molecular complexity index is 525. The van der Waals surface area contributed by atoms with E-state index >= 15 is 0 Å². The molecule has 0 saturated heterocycles. The number of carboxylic acids is 1. The molecule has 2 N–H and O–H groups in total. The van der Waals surface area contributed by atoms with E-state index in [2.05, 4.69) is 5.32 Å². The molecule has 1 aliphatic rings. The van der Waals surface area contributed by atoms with E-state index in [4.69, 9.17) is 9.84 Å². The van der Waals surface area contributed by atoms with Gasteiger partial charge < -0.3 is 15.2 Å². The molecule has 0 bridgehead atoms. The van der Waals surface area contributed by atoms with Crippen LogP contribution in [0.3, 0.4) is 0 Å². The first kappa shape index (κ1) is 15.7. The van der Waals surface area contributed by atoms with E-state index < -0.39 is 11.4 Å². The van der Waals surface area contributed by atoms with E-state index in [0.717, 1.165) is 10.6 Å². The molecular formula is C15H19NO4S. The molecule has 0 spiro atoms. The summed E-state index contributed by atoms with van der Waals surface area (Å²) in [7, 11) is 1.61. The Balaban J connectivity index is 1.83. The van der Waals surface area contributed by atoms with Gasteiger partial charge in [-0.05, 0) is 44.0 Å². The highest BCUT2D eigenvalue weighted by Gasteiger charge is 2.50. The topological polar surface area (TPSA) is 75.6 Å². The van der Waals surface area contributed by atoms with Gasteiger partial charge in [-0.3, -0.25) is 9.59 Å². The van der Waals surface area contributed by atoms with Gasteiger partial charge >= 0.3 is 5.97 Å². The molecule has 1 aliphatic carbocycles. The molecule has 1 atom stereocenters. The third-order valence-electron chi connectivity index (χ3n) is 3.65. The smallest absolute Gasteiger partial charge is 0.311 e. The van der Waals surface area contributed by atoms with Crippen LogP contribution in [-0.4, -0.2) is 35.9 Å². The lowest BCUT2D eigenvalue weighted by molar-refractivity contribution is -0.143. The van der Waals surface area contributed by atoms with Crippen molar-refractivity contribution >= 4 is 23.6 Å². The molecule has 21 heavy (non-hydrogen) atoms. The minimum absolute atomic E-state index is 0.136. The number of methoxy groups -OCH3 is 1. The summed E-state index contributed by atoms with van der Waals surface area (Å²) in [5.74, 6) is -0.185. The van der Waals surface area contributed by atoms with Crippen LogP contribution in [0.4, 0.5) is 0 Å². The monoisotopic (exact) mass is 309 g/mol. The van der Waals surface area contributed by atoms with Crippen molar-refractivity contribution in [1.82, 2.24) is 5.32 Å². The summed E-state index contributed by atoms with van der Waals surface area (Å²) in [5, 5.41) is 11.5. The van der Waals surface area contributed by atoms with Crippen molar-refractivity contribution in [3.05, 3.63) is 24.3 Å². The van der Waals surface area contributed by atoms with Gasteiger partial charge in [-0.1, -0.05) is 0 Å². The van der Waals surface area contributed by atoms with Gasteiger partial charge in [0.1, 0.15) is 5.75 Å². The summed E-state index contributed by atoms with van der Waals surface area (Å²) >= 11 is 1.44. The van der Waals surface area contributed by atoms with E-state index in [1.165, 1.54) is 11.8 Å². The predicted molar refractivity (Wildman–Crippen MR) is 80.6 cm³/mol.